The second kappa shape index (κ2) is 30.0. The van der Waals surface area contributed by atoms with E-state index in [9.17, 15) is 0 Å². The van der Waals surface area contributed by atoms with E-state index in [1.54, 1.807) is 0 Å². The van der Waals surface area contributed by atoms with Crippen molar-refractivity contribution in [2.24, 2.45) is 0 Å². The van der Waals surface area contributed by atoms with E-state index in [4.69, 9.17) is 9.97 Å². The second-order valence-corrected chi connectivity index (χ2v) is 34.7. The first-order valence-electron chi connectivity index (χ1n) is 45.2. The predicted octanol–water partition coefficient (Wildman–Crippen LogP) is 32.4. The first-order chi connectivity index (χ1) is 65.4. The van der Waals surface area contributed by atoms with Gasteiger partial charge in [0, 0.05) is 115 Å². The maximum Gasteiger partial charge on any atom is 0.161 e. The maximum absolute atomic E-state index is 5.60. The molecule has 7 aromatic heterocycles. The lowest BCUT2D eigenvalue weighted by Gasteiger charge is -2.14. The van der Waals surface area contributed by atoms with Gasteiger partial charge >= 0.3 is 0 Å². The third-order valence-electron chi connectivity index (χ3n) is 27.4. The number of para-hydroxylation sites is 8. The molecule has 0 aliphatic heterocycles. The molecule has 8 nitrogen and oxygen atoms in total. The highest BCUT2D eigenvalue weighted by molar-refractivity contribution is 6.18. The summed E-state index contributed by atoms with van der Waals surface area (Å²) >= 11 is 0. The van der Waals surface area contributed by atoms with Gasteiger partial charge in [-0.05, 0) is 256 Å². The average Bonchev–Trinajstić information content (AvgIpc) is 1.58. The molecule has 8 heteroatoms. The van der Waals surface area contributed by atoms with Crippen molar-refractivity contribution < 1.29 is 0 Å². The topological polar surface area (TPSA) is 55.4 Å². The third-order valence-corrected chi connectivity index (χ3v) is 27.4. The predicted molar refractivity (Wildman–Crippen MR) is 552 cm³/mol. The first-order valence-corrected chi connectivity index (χ1v) is 45.2. The molecular weight excluding hydrogens is 1600 g/mol. The fraction of sp³-hybridized carbons (Fsp3) is 0. The summed E-state index contributed by atoms with van der Waals surface area (Å²) in [5.74, 6) is 0.641. The highest BCUT2D eigenvalue weighted by Crippen LogP contribution is 2.47. The first kappa shape index (κ1) is 74.5. The molecule has 0 unspecified atom stereocenters. The average molecular weight is 1680 g/mol. The molecule has 27 rings (SSSR count). The number of hydrogen-bond donors (Lipinski definition) is 0. The third kappa shape index (κ3) is 11.9. The van der Waals surface area contributed by atoms with Crippen molar-refractivity contribution in [2.75, 3.05) is 0 Å². The molecule has 0 atom stereocenters. The minimum absolute atomic E-state index is 0.641. The molecule has 0 saturated carbocycles. The Morgan fingerprint density at radius 2 is 0.311 bits per heavy atom. The van der Waals surface area contributed by atoms with Gasteiger partial charge in [0.25, 0.3) is 0 Å². The SMILES string of the molecule is c1ccc(-c2ccccc2-c2nc(-c3ccc(-n4c5ccc(-c6ccc7c(c6)c6ccccc6n7-c6ccccc6)cc5c5cc(-c6ccc7c(c6)c6ccccc6n7-c6ccccc6)ccc54)cc3)cc(-c3ccc(-n4c5ccc(-c6ccc7c(c6)c6ccccc6n7-c6ccccc6)cc5c5cc(-c6ccc7c(c6)c6ccccc6n7-c6ccccc6)ccc54)cc3)n2)cc1. The zero-order chi connectivity index (χ0) is 86.6. The zero-order valence-corrected chi connectivity index (χ0v) is 71.6. The lowest BCUT2D eigenvalue weighted by molar-refractivity contribution is 1.16. The van der Waals surface area contributed by atoms with Gasteiger partial charge in [-0.3, -0.25) is 0 Å². The van der Waals surface area contributed by atoms with Gasteiger partial charge in [-0.1, -0.05) is 273 Å². The van der Waals surface area contributed by atoms with E-state index in [2.05, 4.69) is 501 Å². The summed E-state index contributed by atoms with van der Waals surface area (Å²) in [6, 6.07) is 174. The monoisotopic (exact) mass is 1680 g/mol. The minimum Gasteiger partial charge on any atom is -0.309 e. The van der Waals surface area contributed by atoms with Crippen molar-refractivity contribution in [1.82, 2.24) is 37.4 Å². The quantitative estimate of drug-likeness (QED) is 0.109. The van der Waals surface area contributed by atoms with Gasteiger partial charge in [0.1, 0.15) is 0 Å². The molecule has 614 valence electrons. The van der Waals surface area contributed by atoms with Gasteiger partial charge in [-0.15, -0.1) is 0 Å². The molecule has 0 radical (unpaired) electrons. The molecule has 0 aliphatic rings. The van der Waals surface area contributed by atoms with E-state index in [0.717, 1.165) is 140 Å². The van der Waals surface area contributed by atoms with Crippen molar-refractivity contribution in [1.29, 1.82) is 0 Å². The van der Waals surface area contributed by atoms with Crippen molar-refractivity contribution in [2.45, 2.75) is 0 Å². The summed E-state index contributed by atoms with van der Waals surface area (Å²) in [6.07, 6.45) is 0. The Bertz CT molecular complexity index is 8430. The van der Waals surface area contributed by atoms with E-state index < -0.39 is 0 Å². The smallest absolute Gasteiger partial charge is 0.161 e. The molecular formula is C124H78N8. The molecule has 0 bridgehead atoms. The Morgan fingerprint density at radius 3 is 0.568 bits per heavy atom. The van der Waals surface area contributed by atoms with Gasteiger partial charge in [-0.25, -0.2) is 9.97 Å². The van der Waals surface area contributed by atoms with Crippen molar-refractivity contribution in [3.8, 4) is 124 Å². The zero-order valence-electron chi connectivity index (χ0n) is 71.6. The summed E-state index contributed by atoms with van der Waals surface area (Å²) in [6.45, 7) is 0. The van der Waals surface area contributed by atoms with Crippen LogP contribution in [0.4, 0.5) is 0 Å². The van der Waals surface area contributed by atoms with E-state index in [1.807, 2.05) is 0 Å². The van der Waals surface area contributed by atoms with Crippen LogP contribution in [0.1, 0.15) is 0 Å². The highest BCUT2D eigenvalue weighted by atomic mass is 15.0. The minimum atomic E-state index is 0.641. The number of benzene rings is 20. The van der Waals surface area contributed by atoms with E-state index in [-0.39, 0.29) is 0 Å². The van der Waals surface area contributed by atoms with Gasteiger partial charge in [0.15, 0.2) is 5.82 Å². The Morgan fingerprint density at radius 1 is 0.121 bits per heavy atom. The van der Waals surface area contributed by atoms with Crippen LogP contribution in [0.15, 0.2) is 473 Å². The van der Waals surface area contributed by atoms with Gasteiger partial charge in [0.2, 0.25) is 0 Å². The van der Waals surface area contributed by atoms with Crippen LogP contribution in [0.2, 0.25) is 0 Å². The normalized spacial score (nSPS) is 11.9. The molecule has 0 aliphatic carbocycles. The van der Waals surface area contributed by atoms with Crippen LogP contribution < -0.4 is 0 Å². The number of aromatic nitrogens is 8. The van der Waals surface area contributed by atoms with Gasteiger partial charge < -0.3 is 27.4 Å². The van der Waals surface area contributed by atoms with E-state index in [0.29, 0.717) is 5.82 Å². The van der Waals surface area contributed by atoms with Gasteiger partial charge in [0.05, 0.1) is 77.6 Å². The van der Waals surface area contributed by atoms with Crippen LogP contribution >= 0.6 is 0 Å². The molecule has 7 heterocycles. The van der Waals surface area contributed by atoms with Crippen LogP contribution in [0.25, 0.3) is 254 Å². The Balaban J connectivity index is 0.591. The Hall–Kier alpha value is -17.7. The number of fused-ring (bicyclic) bond motifs is 18. The molecule has 132 heavy (non-hydrogen) atoms. The van der Waals surface area contributed by atoms with E-state index >= 15 is 0 Å². The Labute approximate surface area is 759 Å². The highest BCUT2D eigenvalue weighted by Gasteiger charge is 2.25. The Kier molecular flexibility index (Phi) is 16.9. The molecule has 27 aromatic rings. The fourth-order valence-electron chi connectivity index (χ4n) is 21.3. The lowest BCUT2D eigenvalue weighted by atomic mass is 9.98. The summed E-state index contributed by atoms with van der Waals surface area (Å²) in [7, 11) is 0. The summed E-state index contributed by atoms with van der Waals surface area (Å²) in [5.41, 5.74) is 36.4. The van der Waals surface area contributed by atoms with Gasteiger partial charge in [-0.2, -0.15) is 0 Å². The van der Waals surface area contributed by atoms with Crippen LogP contribution in [0, 0.1) is 0 Å². The van der Waals surface area contributed by atoms with Crippen molar-refractivity contribution in [3.63, 3.8) is 0 Å². The van der Waals surface area contributed by atoms with Crippen LogP contribution in [0.3, 0.4) is 0 Å². The number of hydrogen-bond acceptors (Lipinski definition) is 2. The van der Waals surface area contributed by atoms with E-state index in [1.165, 1.54) is 109 Å². The molecule has 0 N–H and O–H groups in total. The maximum atomic E-state index is 5.60. The molecule has 0 fully saturated rings. The molecule has 0 amide bonds. The van der Waals surface area contributed by atoms with Crippen LogP contribution in [-0.2, 0) is 0 Å². The fourth-order valence-corrected chi connectivity index (χ4v) is 21.3. The molecule has 0 spiro atoms. The van der Waals surface area contributed by atoms with Crippen LogP contribution in [0.5, 0.6) is 0 Å². The number of nitrogens with zero attached hydrogens (tertiary/aromatic N) is 8. The summed E-state index contributed by atoms with van der Waals surface area (Å²) in [4.78, 5) is 11.2. The standard InChI is InChI=1S/C124H78N8/c1-6-26-79(27-7-1)96-36-16-17-41-101(96)124-125-110(80-46-58-94(59-47-80)131-120-66-54-86(82-50-62-116-102(70-82)97-37-18-22-42-112(97)127(116)90-28-8-2-9-29-90)74-106(120)107-75-87(55-67-121(107)131)83-51-63-117-103(71-83)98-38-19-23-43-113(98)128(117)91-30-10-3-11-31-91)78-111(126-124)81-48-60-95(61-49-81)132-122-68-56-88(84-52-64-118-104(72-84)99-39-20-24-44-114(99)129(118)92-32-12-4-13-33-92)76-108(122)109-77-89(57-69-123(109)132)85-53-65-119-105(73-85)100-40-21-25-45-115(100)130(119)93-34-14-5-15-35-93/h1-78H. The molecule has 20 aromatic carbocycles. The molecule has 0 saturated heterocycles. The van der Waals surface area contributed by atoms with Crippen molar-refractivity contribution >= 4 is 131 Å². The second-order valence-electron chi connectivity index (χ2n) is 34.7. The summed E-state index contributed by atoms with van der Waals surface area (Å²) in [5, 5.41) is 14.4. The lowest BCUT2D eigenvalue weighted by Crippen LogP contribution is -1.99. The number of rotatable bonds is 14. The summed E-state index contributed by atoms with van der Waals surface area (Å²) < 4.78 is 14.4. The van der Waals surface area contributed by atoms with Crippen molar-refractivity contribution in [3.05, 3.63) is 473 Å². The van der Waals surface area contributed by atoms with Crippen LogP contribution in [-0.4, -0.2) is 37.4 Å². The largest absolute Gasteiger partial charge is 0.309 e.